The number of fused-ring (bicyclic) bond motifs is 15. The molecule has 18 atom stereocenters. The Kier molecular flexibility index (Phi) is 22.8. The number of likely N-dealkylation sites (N-methyl/N-ethyl adjacent to an activating group) is 1. The predicted molar refractivity (Wildman–Crippen MR) is 354 cm³/mol. The monoisotopic (exact) mass is 1460 g/mol. The number of aliphatic carboxylic acids is 1. The number of aliphatic hydroxyl groups is 6. The van der Waals surface area contributed by atoms with E-state index in [1.54, 1.807) is 0 Å². The topological polar surface area (TPSA) is 530 Å². The molecular weight excluding hydrogens is 1390 g/mol. The van der Waals surface area contributed by atoms with Gasteiger partial charge >= 0.3 is 5.97 Å². The number of hydrogen-bond acceptors (Lipinski definition) is 25. The van der Waals surface area contributed by atoms with Crippen molar-refractivity contribution >= 4 is 70.5 Å². The summed E-state index contributed by atoms with van der Waals surface area (Å²) in [7, 11) is 1.47. The van der Waals surface area contributed by atoms with Crippen molar-refractivity contribution in [2.45, 2.75) is 156 Å². The summed E-state index contributed by atoms with van der Waals surface area (Å²) in [5, 5.41) is 131. The number of phenolic OH excluding ortho intramolecular Hbond substituents is 3. The lowest BCUT2D eigenvalue weighted by Crippen LogP contribution is -2.64. The third-order valence-electron chi connectivity index (χ3n) is 18.1. The van der Waals surface area contributed by atoms with E-state index in [2.05, 4.69) is 37.2 Å². The first-order valence-electron chi connectivity index (χ1n) is 32.1. The van der Waals surface area contributed by atoms with Crippen LogP contribution in [0.2, 0.25) is 10.0 Å². The van der Waals surface area contributed by atoms with Gasteiger partial charge in [0.2, 0.25) is 53.4 Å². The SMILES string of the molecule is CN[C@H](CC(C)C)C(=O)NC1C(=O)N[C@@H](CC(N)=O)C(=O)N[C@H]2C(=O)N[C@H]3C(=O)N[C@H](C(=O)NC[C@@H](C(=O)O)c4cc(O)cc(O)c4-c4cc3ccc4O)[C@H](O)c3ccc(c(Cl)c3)Oc3cc2cc(c3O[C@H]2OC(CO)[C@@H](O)[C@H](O)C2OC2CC(C)(N)C(O)C(C)O2)Oc2ccc(cc2Cl)[C@H]1O. The van der Waals surface area contributed by atoms with Gasteiger partial charge in [-0.25, -0.2) is 0 Å². The van der Waals surface area contributed by atoms with Crippen LogP contribution in [-0.2, 0) is 52.6 Å². The van der Waals surface area contributed by atoms with E-state index in [1.165, 1.54) is 39.1 Å². The molecule has 0 aromatic heterocycles. The summed E-state index contributed by atoms with van der Waals surface area (Å²) < 4.78 is 38.4. The summed E-state index contributed by atoms with van der Waals surface area (Å²) in [6.45, 7) is 4.79. The Bertz CT molecular complexity index is 4090. The van der Waals surface area contributed by atoms with Crippen molar-refractivity contribution in [2.24, 2.45) is 17.4 Å². The Morgan fingerprint density at radius 2 is 1.33 bits per heavy atom. The molecule has 7 heterocycles. The fourth-order valence-corrected chi connectivity index (χ4v) is 13.1. The second-order valence-corrected chi connectivity index (χ2v) is 26.9. The number of hydrogen-bond donors (Lipinski definition) is 19. The third kappa shape index (κ3) is 16.0. The molecule has 102 heavy (non-hydrogen) atoms. The van der Waals surface area contributed by atoms with Crippen molar-refractivity contribution in [3.63, 3.8) is 0 Å². The largest absolute Gasteiger partial charge is 0.508 e. The minimum atomic E-state index is -2.35. The molecule has 21 N–H and O–H groups in total. The van der Waals surface area contributed by atoms with Crippen LogP contribution in [0.4, 0.5) is 0 Å². The number of aliphatic hydroxyl groups excluding tert-OH is 6. The number of carboxylic acids is 1. The Balaban J connectivity index is 1.24. The summed E-state index contributed by atoms with van der Waals surface area (Å²) in [6.07, 6.45) is -18.4. The van der Waals surface area contributed by atoms with Crippen LogP contribution in [0.5, 0.6) is 46.0 Å². The summed E-state index contributed by atoms with van der Waals surface area (Å²) >= 11 is 14.1. The molecule has 12 rings (SSSR count). The number of rotatable bonds is 13. The predicted octanol–water partition coefficient (Wildman–Crippen LogP) is 0.149. The van der Waals surface area contributed by atoms with Crippen LogP contribution in [0, 0.1) is 5.92 Å². The number of nitrogens with one attached hydrogen (secondary N) is 7. The highest BCUT2D eigenvalue weighted by Gasteiger charge is 2.51. The smallest absolute Gasteiger partial charge is 0.312 e. The number of halogens is 2. The minimum absolute atomic E-state index is 0.0979. The first-order valence-corrected chi connectivity index (χ1v) is 32.9. The summed E-state index contributed by atoms with van der Waals surface area (Å²) in [6, 6.07) is 1.95. The highest BCUT2D eigenvalue weighted by molar-refractivity contribution is 6.32. The van der Waals surface area contributed by atoms with E-state index in [4.69, 9.17) is 63.1 Å². The molecule has 2 saturated heterocycles. The maximum Gasteiger partial charge on any atom is 0.312 e. The fraction of sp³-hybridized carbons (Fsp3) is 0.433. The van der Waals surface area contributed by atoms with Crippen molar-refractivity contribution in [2.75, 3.05) is 20.2 Å². The molecule has 0 spiro atoms. The van der Waals surface area contributed by atoms with Crippen LogP contribution >= 0.6 is 23.2 Å². The van der Waals surface area contributed by atoms with E-state index in [0.29, 0.717) is 0 Å². The lowest BCUT2D eigenvalue weighted by Gasteiger charge is -2.47. The Hall–Kier alpha value is -9.20. The van der Waals surface area contributed by atoms with Gasteiger partial charge in [0.25, 0.3) is 0 Å². The molecule has 7 aliphatic heterocycles. The van der Waals surface area contributed by atoms with Crippen LogP contribution in [-0.4, -0.2) is 197 Å². The van der Waals surface area contributed by atoms with Crippen molar-refractivity contribution in [1.29, 1.82) is 0 Å². The first-order chi connectivity index (χ1) is 48.2. The molecule has 548 valence electrons. The molecule has 7 unspecified atom stereocenters. The van der Waals surface area contributed by atoms with Gasteiger partial charge in [-0.15, -0.1) is 0 Å². The van der Waals surface area contributed by atoms with Gasteiger partial charge in [0.1, 0.15) is 89.5 Å². The number of nitrogens with two attached hydrogens (primary N) is 2. The maximum atomic E-state index is 16.1. The lowest BCUT2D eigenvalue weighted by atomic mass is 9.86. The molecule has 0 aliphatic carbocycles. The van der Waals surface area contributed by atoms with Crippen LogP contribution in [0.3, 0.4) is 0 Å². The normalized spacial score (nSPS) is 29.4. The first kappa shape index (κ1) is 75.5. The fourth-order valence-electron chi connectivity index (χ4n) is 12.7. The van der Waals surface area contributed by atoms with Gasteiger partial charge in [-0.2, -0.15) is 0 Å². The van der Waals surface area contributed by atoms with Gasteiger partial charge in [-0.05, 0) is 116 Å². The number of primary amides is 1. The van der Waals surface area contributed by atoms with E-state index in [-0.39, 0.29) is 52.0 Å². The standard InChI is InChI=1S/C67H77Cl2N9O24/c1-24(2)12-36(72-5)59(89)77-51-53(85)28-8-11-41(35(69)15-28)99-43-17-29-16-42(56(43)102-66-57(55(87)54(86)44(23-79)100-66)101-46-21-67(4,71)58(88)25(3)97-46)98-40-10-7-27(14-34(40)68)52(84)50-61(91)73-22-33(65(95)96)31-18-30(80)19-39(82)47(31)32-13-26(6-9-38(32)81)48(62(92)78-50)76-63(93)49(29)75-60(90)37(20-45(70)83)74-64(51)94/h6-11,13-19,24-25,33,36-37,44,46,48-55,57-58,66,72,79-82,84-88H,12,20-23,71H2,1-5H3,(H2,70,83)(H,73,91)(H,74,94)(H,75,90)(H,76,93)(H,77,89)(H,78,92)(H,95,96)/t25?,33-,36-,37+,44?,46?,48-,49-,50+,51?,52-,53-,54-,55+,57?,58?,66-,67?/m1/s1. The van der Waals surface area contributed by atoms with E-state index in [9.17, 15) is 75.0 Å². The maximum absolute atomic E-state index is 16.1. The molecule has 5 aromatic rings. The number of ether oxygens (including phenoxy) is 6. The summed E-state index contributed by atoms with van der Waals surface area (Å²) in [5.41, 5.74) is 8.36. The molecule has 35 heteroatoms. The van der Waals surface area contributed by atoms with Crippen LogP contribution in [0.1, 0.15) is 105 Å². The van der Waals surface area contributed by atoms with Crippen molar-refractivity contribution < 1.29 is 118 Å². The lowest BCUT2D eigenvalue weighted by molar-refractivity contribution is -0.333. The number of aromatic hydroxyl groups is 3. The van der Waals surface area contributed by atoms with E-state index in [1.807, 2.05) is 13.8 Å². The second-order valence-electron chi connectivity index (χ2n) is 26.1. The van der Waals surface area contributed by atoms with Crippen LogP contribution in [0.15, 0.2) is 78.9 Å². The van der Waals surface area contributed by atoms with E-state index >= 15 is 14.4 Å². The van der Waals surface area contributed by atoms with Crippen molar-refractivity contribution in [3.05, 3.63) is 117 Å². The van der Waals surface area contributed by atoms with Crippen molar-refractivity contribution in [3.8, 4) is 57.1 Å². The molecule has 33 nitrogen and oxygen atoms in total. The van der Waals surface area contributed by atoms with Gasteiger partial charge < -0.3 is 128 Å². The number of phenols is 3. The van der Waals surface area contributed by atoms with Gasteiger partial charge in [0.15, 0.2) is 23.9 Å². The molecule has 0 radical (unpaired) electrons. The second kappa shape index (κ2) is 30.8. The third-order valence-corrected chi connectivity index (χ3v) is 18.7. The number of benzene rings is 5. The molecule has 5 aromatic carbocycles. The number of carboxylic acid groups (broad SMARTS) is 1. The Morgan fingerprint density at radius 1 is 0.725 bits per heavy atom. The zero-order valence-electron chi connectivity index (χ0n) is 55.0. The van der Waals surface area contributed by atoms with Crippen LogP contribution in [0.25, 0.3) is 11.1 Å². The summed E-state index contributed by atoms with van der Waals surface area (Å²) in [4.78, 5) is 117. The molecule has 7 amide bonds. The highest BCUT2D eigenvalue weighted by Crippen LogP contribution is 2.50. The number of amides is 7. The number of carbonyl (C=O) groups is 8. The van der Waals surface area contributed by atoms with Crippen LogP contribution < -0.4 is 62.9 Å². The highest BCUT2D eigenvalue weighted by atomic mass is 35.5. The molecule has 7 aliphatic rings. The molecule has 11 bridgehead atoms. The minimum Gasteiger partial charge on any atom is -0.508 e. The zero-order chi connectivity index (χ0) is 74.2. The average Bonchev–Trinajstić information content (AvgIpc) is 0.940. The molecule has 0 saturated carbocycles. The Labute approximate surface area is 590 Å². The van der Waals surface area contributed by atoms with Gasteiger partial charge in [0, 0.05) is 35.7 Å². The number of carbonyl (C=O) groups excluding carboxylic acids is 7. The Morgan fingerprint density at radius 3 is 1.92 bits per heavy atom. The van der Waals surface area contributed by atoms with E-state index in [0.717, 1.165) is 60.7 Å². The van der Waals surface area contributed by atoms with E-state index < -0.39 is 238 Å². The molecular formula is C67H77Cl2N9O24. The molecule has 2 fully saturated rings. The van der Waals surface area contributed by atoms with Gasteiger partial charge in [-0.3, -0.25) is 38.4 Å². The van der Waals surface area contributed by atoms with Gasteiger partial charge in [0.05, 0.1) is 47.2 Å². The summed E-state index contributed by atoms with van der Waals surface area (Å²) in [5.74, 6) is -17.3. The van der Waals surface area contributed by atoms with Gasteiger partial charge in [-0.1, -0.05) is 55.2 Å². The zero-order valence-corrected chi connectivity index (χ0v) is 56.5. The van der Waals surface area contributed by atoms with Crippen molar-refractivity contribution in [1.82, 2.24) is 37.2 Å². The quantitative estimate of drug-likeness (QED) is 0.0746. The average molecular weight is 1460 g/mol.